The van der Waals surface area contributed by atoms with E-state index in [1.54, 1.807) is 0 Å². The van der Waals surface area contributed by atoms with Crippen LogP contribution < -0.4 is 0 Å². The molecule has 0 bridgehead atoms. The van der Waals surface area contributed by atoms with E-state index in [0.717, 1.165) is 0 Å². The molecule has 0 aromatic rings. The van der Waals surface area contributed by atoms with Gasteiger partial charge in [0.05, 0.1) is 0 Å². The third-order valence-electron chi connectivity index (χ3n) is 0.532. The smallest absolute Gasteiger partial charge is 0.367 e. The van der Waals surface area contributed by atoms with Gasteiger partial charge in [-0.3, -0.25) is 0 Å². The van der Waals surface area contributed by atoms with E-state index in [0.29, 0.717) is 0 Å². The van der Waals surface area contributed by atoms with Crippen molar-refractivity contribution in [3.8, 4) is 0 Å². The summed E-state index contributed by atoms with van der Waals surface area (Å²) in [6, 6.07) is 0. The van der Waals surface area contributed by atoms with E-state index in [1.807, 2.05) is 0 Å². The molecule has 0 aliphatic carbocycles. The Kier molecular flexibility index (Phi) is 11.0. The molecule has 0 heterocycles. The first kappa shape index (κ1) is 16.0. The SMILES string of the molecule is C.C.CO[Si](O)(O)OC. The summed E-state index contributed by atoms with van der Waals surface area (Å²) in [5.74, 6) is 0. The van der Waals surface area contributed by atoms with Gasteiger partial charge in [-0.1, -0.05) is 14.9 Å². The Morgan fingerprint density at radius 1 is 1.00 bits per heavy atom. The van der Waals surface area contributed by atoms with Crippen LogP contribution in [-0.2, 0) is 8.85 Å². The maximum atomic E-state index is 8.38. The third-order valence-corrected chi connectivity index (χ3v) is 1.60. The van der Waals surface area contributed by atoms with Gasteiger partial charge in [0, 0.05) is 14.2 Å². The van der Waals surface area contributed by atoms with Crippen LogP contribution in [-0.4, -0.2) is 32.9 Å². The highest BCUT2D eigenvalue weighted by atomic mass is 28.4. The summed E-state index contributed by atoms with van der Waals surface area (Å²) >= 11 is 0. The minimum atomic E-state index is -3.65. The summed E-state index contributed by atoms with van der Waals surface area (Å²) < 4.78 is 8.23. The van der Waals surface area contributed by atoms with Crippen molar-refractivity contribution in [2.75, 3.05) is 14.2 Å². The van der Waals surface area contributed by atoms with E-state index in [9.17, 15) is 0 Å². The molecule has 0 spiro atoms. The van der Waals surface area contributed by atoms with Gasteiger partial charge in [-0.25, -0.2) is 0 Å². The van der Waals surface area contributed by atoms with E-state index < -0.39 is 9.05 Å². The first-order valence-electron chi connectivity index (χ1n) is 1.67. The van der Waals surface area contributed by atoms with Gasteiger partial charge < -0.3 is 18.4 Å². The topological polar surface area (TPSA) is 58.9 Å². The van der Waals surface area contributed by atoms with Crippen molar-refractivity contribution in [2.24, 2.45) is 0 Å². The quantitative estimate of drug-likeness (QED) is 0.551. The van der Waals surface area contributed by atoms with Gasteiger partial charge in [-0.15, -0.1) is 0 Å². The van der Waals surface area contributed by atoms with E-state index >= 15 is 0 Å². The van der Waals surface area contributed by atoms with Gasteiger partial charge in [0.1, 0.15) is 0 Å². The minimum Gasteiger partial charge on any atom is -0.367 e. The molecule has 9 heavy (non-hydrogen) atoms. The van der Waals surface area contributed by atoms with Crippen LogP contribution in [0, 0.1) is 0 Å². The Morgan fingerprint density at radius 2 is 1.22 bits per heavy atom. The minimum absolute atomic E-state index is 0. The first-order valence-corrected chi connectivity index (χ1v) is 3.38. The molecule has 2 N–H and O–H groups in total. The van der Waals surface area contributed by atoms with Crippen LogP contribution >= 0.6 is 0 Å². The molecule has 5 heteroatoms. The lowest BCUT2D eigenvalue weighted by Gasteiger charge is -2.08. The van der Waals surface area contributed by atoms with Crippen molar-refractivity contribution in [3.05, 3.63) is 0 Å². The molecule has 0 aliphatic heterocycles. The number of hydrogen-bond donors (Lipinski definition) is 2. The largest absolute Gasteiger partial charge is 0.673 e. The van der Waals surface area contributed by atoms with Crippen LogP contribution in [0.2, 0.25) is 0 Å². The maximum Gasteiger partial charge on any atom is 0.673 e. The van der Waals surface area contributed by atoms with Gasteiger partial charge in [0.2, 0.25) is 0 Å². The van der Waals surface area contributed by atoms with Crippen molar-refractivity contribution < 1.29 is 18.4 Å². The highest BCUT2D eigenvalue weighted by Crippen LogP contribution is 1.89. The lowest BCUT2D eigenvalue weighted by molar-refractivity contribution is 0.0634. The van der Waals surface area contributed by atoms with Crippen LogP contribution in [0.25, 0.3) is 0 Å². The van der Waals surface area contributed by atoms with Gasteiger partial charge >= 0.3 is 9.05 Å². The summed E-state index contributed by atoms with van der Waals surface area (Å²) in [6.45, 7) is 0. The molecule has 0 radical (unpaired) electrons. The Labute approximate surface area is 57.5 Å². The molecular weight excluding hydrogens is 140 g/mol. The fourth-order valence-electron chi connectivity index (χ4n) is 0.0833. The zero-order valence-corrected chi connectivity index (χ0v) is 5.21. The first-order chi connectivity index (χ1) is 3.12. The van der Waals surface area contributed by atoms with Crippen molar-refractivity contribution in [3.63, 3.8) is 0 Å². The zero-order valence-electron chi connectivity index (χ0n) is 4.21. The molecule has 0 rings (SSSR count). The van der Waals surface area contributed by atoms with Gasteiger partial charge in [0.15, 0.2) is 0 Å². The normalized spacial score (nSPS) is 9.33. The lowest BCUT2D eigenvalue weighted by Crippen LogP contribution is -2.40. The predicted molar refractivity (Wildman–Crippen MR) is 37.7 cm³/mol. The molecule has 0 atom stereocenters. The van der Waals surface area contributed by atoms with Crippen molar-refractivity contribution in [1.82, 2.24) is 0 Å². The maximum absolute atomic E-state index is 8.38. The average Bonchev–Trinajstić information content (AvgIpc) is 1.68. The molecule has 0 unspecified atom stereocenters. The van der Waals surface area contributed by atoms with Crippen LogP contribution in [0.3, 0.4) is 0 Å². The summed E-state index contributed by atoms with van der Waals surface area (Å²) in [7, 11) is -1.30. The standard InChI is InChI=1S/C2H8O4Si.2CH4/c1-5-7(3,4)6-2;;/h3-4H,1-2H3;2*1H4. The number of rotatable bonds is 2. The van der Waals surface area contributed by atoms with E-state index in [-0.39, 0.29) is 14.9 Å². The molecule has 0 aliphatic rings. The zero-order chi connectivity index (χ0) is 5.91. The fourth-order valence-corrected chi connectivity index (χ4v) is 0.250. The Bertz CT molecular complexity index is 50.5. The summed E-state index contributed by atoms with van der Waals surface area (Å²) in [5, 5.41) is 0. The second kappa shape index (κ2) is 6.18. The summed E-state index contributed by atoms with van der Waals surface area (Å²) in [5.41, 5.74) is 0. The molecule has 0 aromatic carbocycles. The van der Waals surface area contributed by atoms with Gasteiger partial charge in [0.25, 0.3) is 0 Å². The molecule has 0 amide bonds. The average molecular weight is 156 g/mol. The van der Waals surface area contributed by atoms with Crippen LogP contribution in [0.5, 0.6) is 0 Å². The molecule has 4 nitrogen and oxygen atoms in total. The molecule has 60 valence electrons. The highest BCUT2D eigenvalue weighted by Gasteiger charge is 2.32. The Morgan fingerprint density at radius 3 is 1.22 bits per heavy atom. The monoisotopic (exact) mass is 156 g/mol. The predicted octanol–water partition coefficient (Wildman–Crippen LogP) is -0.0284. The van der Waals surface area contributed by atoms with Crippen LogP contribution in [0.4, 0.5) is 0 Å². The molecule has 0 aromatic heterocycles. The molecular formula is C4H16O4Si. The third kappa shape index (κ3) is 8.06. The molecule has 0 saturated carbocycles. The lowest BCUT2D eigenvalue weighted by atomic mass is 11.8. The van der Waals surface area contributed by atoms with Crippen molar-refractivity contribution >= 4 is 9.05 Å². The van der Waals surface area contributed by atoms with E-state index in [4.69, 9.17) is 9.59 Å². The van der Waals surface area contributed by atoms with Crippen LogP contribution in [0.15, 0.2) is 0 Å². The van der Waals surface area contributed by atoms with Crippen molar-refractivity contribution in [1.29, 1.82) is 0 Å². The second-order valence-electron chi connectivity index (χ2n) is 0.957. The van der Waals surface area contributed by atoms with Gasteiger partial charge in [-0.2, -0.15) is 0 Å². The van der Waals surface area contributed by atoms with Crippen LogP contribution in [0.1, 0.15) is 14.9 Å². The van der Waals surface area contributed by atoms with Crippen molar-refractivity contribution in [2.45, 2.75) is 14.9 Å². The summed E-state index contributed by atoms with van der Waals surface area (Å²) in [6.07, 6.45) is 0. The fraction of sp³-hybridized carbons (Fsp3) is 1.00. The Hall–Kier alpha value is 0.0569. The molecule has 0 saturated heterocycles. The second-order valence-corrected chi connectivity index (χ2v) is 2.87. The molecule has 0 fully saturated rings. The van der Waals surface area contributed by atoms with E-state index in [2.05, 4.69) is 8.85 Å². The Balaban J connectivity index is -0.000000180. The van der Waals surface area contributed by atoms with E-state index in [1.165, 1.54) is 14.2 Å². The summed E-state index contributed by atoms with van der Waals surface area (Å²) in [4.78, 5) is 16.8. The highest BCUT2D eigenvalue weighted by molar-refractivity contribution is 6.50. The number of hydrogen-bond acceptors (Lipinski definition) is 4. The van der Waals surface area contributed by atoms with Gasteiger partial charge in [-0.05, 0) is 0 Å².